The maximum atomic E-state index is 13.1. The second-order valence-corrected chi connectivity index (χ2v) is 7.64. The molecule has 0 unspecified atom stereocenters. The Labute approximate surface area is 180 Å². The summed E-state index contributed by atoms with van der Waals surface area (Å²) in [6.07, 6.45) is 0.871. The topological polar surface area (TPSA) is 68.0 Å². The number of nitrogens with zero attached hydrogens (tertiary/aromatic N) is 3. The highest BCUT2D eigenvalue weighted by atomic mass is 35.5. The lowest BCUT2D eigenvalue weighted by atomic mass is 10.1. The minimum absolute atomic E-state index is 0.0344. The zero-order chi connectivity index (χ0) is 21.1. The van der Waals surface area contributed by atoms with Crippen LogP contribution in [-0.2, 0) is 6.54 Å². The molecule has 0 radical (unpaired) electrons. The molecule has 4 rings (SSSR count). The number of benzene rings is 2. The van der Waals surface area contributed by atoms with E-state index >= 15 is 0 Å². The molecule has 1 fully saturated rings. The molecule has 1 saturated heterocycles. The third-order valence-electron chi connectivity index (χ3n) is 5.27. The maximum absolute atomic E-state index is 13.1. The fourth-order valence-electron chi connectivity index (χ4n) is 3.68. The number of carbonyl (C=O) groups excluding carboxylic acids is 1. The van der Waals surface area contributed by atoms with Gasteiger partial charge in [-0.3, -0.25) is 9.69 Å². The summed E-state index contributed by atoms with van der Waals surface area (Å²) in [6.45, 7) is 3.51. The molecule has 8 heteroatoms. The van der Waals surface area contributed by atoms with Crippen molar-refractivity contribution in [3.05, 3.63) is 52.9 Å². The normalized spacial score (nSPS) is 15.2. The average Bonchev–Trinajstić information content (AvgIpc) is 3.00. The summed E-state index contributed by atoms with van der Waals surface area (Å²) in [4.78, 5) is 21.8. The molecule has 0 aliphatic carbocycles. The molecule has 158 valence electrons. The Morgan fingerprint density at radius 3 is 2.77 bits per heavy atom. The van der Waals surface area contributed by atoms with E-state index in [1.807, 2.05) is 11.0 Å². The Kier molecular flexibility index (Phi) is 6.11. The van der Waals surface area contributed by atoms with Gasteiger partial charge in [-0.1, -0.05) is 11.6 Å². The third-order valence-corrected chi connectivity index (χ3v) is 5.50. The molecule has 1 amide bonds. The maximum Gasteiger partial charge on any atom is 0.257 e. The first-order valence-electron chi connectivity index (χ1n) is 9.86. The molecule has 3 aromatic rings. The third kappa shape index (κ3) is 4.37. The van der Waals surface area contributed by atoms with Gasteiger partial charge in [0.2, 0.25) is 5.89 Å². The van der Waals surface area contributed by atoms with Crippen LogP contribution in [0.3, 0.4) is 0 Å². The van der Waals surface area contributed by atoms with Crippen molar-refractivity contribution in [1.82, 2.24) is 14.8 Å². The molecule has 7 nitrogen and oxygen atoms in total. The van der Waals surface area contributed by atoms with Crippen molar-refractivity contribution in [1.29, 1.82) is 0 Å². The van der Waals surface area contributed by atoms with Crippen LogP contribution in [0.2, 0.25) is 5.02 Å². The van der Waals surface area contributed by atoms with E-state index in [-0.39, 0.29) is 5.91 Å². The number of rotatable bonds is 5. The van der Waals surface area contributed by atoms with Crippen LogP contribution < -0.4 is 9.47 Å². The number of methoxy groups -OCH3 is 2. The van der Waals surface area contributed by atoms with Crippen LogP contribution in [0.4, 0.5) is 0 Å². The van der Waals surface area contributed by atoms with Crippen molar-refractivity contribution in [3.8, 4) is 11.5 Å². The van der Waals surface area contributed by atoms with E-state index in [0.29, 0.717) is 53.2 Å². The molecule has 2 heterocycles. The summed E-state index contributed by atoms with van der Waals surface area (Å²) in [5.41, 5.74) is 2.03. The SMILES string of the molecule is COc1ccc(C(=O)N2CCCN(Cc3nc4ccc(Cl)cc4o3)CC2)c(OC)c1. The highest BCUT2D eigenvalue weighted by Gasteiger charge is 2.24. The van der Waals surface area contributed by atoms with Gasteiger partial charge in [-0.25, -0.2) is 4.98 Å². The van der Waals surface area contributed by atoms with Gasteiger partial charge in [0.05, 0.1) is 26.3 Å². The number of oxazole rings is 1. The summed E-state index contributed by atoms with van der Waals surface area (Å²) in [6, 6.07) is 10.7. The summed E-state index contributed by atoms with van der Waals surface area (Å²) in [5.74, 6) is 1.80. The van der Waals surface area contributed by atoms with Gasteiger partial charge >= 0.3 is 0 Å². The van der Waals surface area contributed by atoms with Crippen LogP contribution in [0.25, 0.3) is 11.1 Å². The molecule has 30 heavy (non-hydrogen) atoms. The highest BCUT2D eigenvalue weighted by molar-refractivity contribution is 6.31. The molecule has 1 aliphatic rings. The standard InChI is InChI=1S/C22H24ClN3O4/c1-28-16-5-6-17(19(13-16)29-2)22(27)26-9-3-8-25(10-11-26)14-21-24-18-7-4-15(23)12-20(18)30-21/h4-7,12-13H,3,8-11,14H2,1-2H3. The molecular formula is C22H24ClN3O4. The van der Waals surface area contributed by atoms with Gasteiger partial charge in [0.15, 0.2) is 5.58 Å². The quantitative estimate of drug-likeness (QED) is 0.613. The summed E-state index contributed by atoms with van der Waals surface area (Å²) < 4.78 is 16.5. The molecular weight excluding hydrogens is 406 g/mol. The highest BCUT2D eigenvalue weighted by Crippen LogP contribution is 2.26. The molecule has 1 aliphatic heterocycles. The van der Waals surface area contributed by atoms with Crippen molar-refractivity contribution in [2.45, 2.75) is 13.0 Å². The molecule has 1 aromatic heterocycles. The number of fused-ring (bicyclic) bond motifs is 1. The van der Waals surface area contributed by atoms with Gasteiger partial charge in [-0.15, -0.1) is 0 Å². The lowest BCUT2D eigenvalue weighted by Gasteiger charge is -2.22. The number of hydrogen-bond acceptors (Lipinski definition) is 6. The van der Waals surface area contributed by atoms with Gasteiger partial charge in [0.25, 0.3) is 5.91 Å². The first-order chi connectivity index (χ1) is 14.6. The summed E-state index contributed by atoms with van der Waals surface area (Å²) in [7, 11) is 3.15. The number of halogens is 1. The first-order valence-corrected chi connectivity index (χ1v) is 10.2. The van der Waals surface area contributed by atoms with Crippen LogP contribution in [0.15, 0.2) is 40.8 Å². The van der Waals surface area contributed by atoms with Crippen molar-refractivity contribution in [2.24, 2.45) is 0 Å². The average molecular weight is 430 g/mol. The lowest BCUT2D eigenvalue weighted by Crippen LogP contribution is -2.35. The van der Waals surface area contributed by atoms with E-state index in [1.165, 1.54) is 0 Å². The number of hydrogen-bond donors (Lipinski definition) is 0. The van der Waals surface area contributed by atoms with E-state index in [2.05, 4.69) is 9.88 Å². The second-order valence-electron chi connectivity index (χ2n) is 7.21. The fraction of sp³-hybridized carbons (Fsp3) is 0.364. The lowest BCUT2D eigenvalue weighted by molar-refractivity contribution is 0.0757. The van der Waals surface area contributed by atoms with Crippen molar-refractivity contribution < 1.29 is 18.7 Å². The largest absolute Gasteiger partial charge is 0.497 e. The number of amides is 1. The smallest absolute Gasteiger partial charge is 0.257 e. The van der Waals surface area contributed by atoms with Gasteiger partial charge in [-0.2, -0.15) is 0 Å². The van der Waals surface area contributed by atoms with Crippen LogP contribution >= 0.6 is 11.6 Å². The van der Waals surface area contributed by atoms with E-state index in [1.54, 1.807) is 44.6 Å². The second kappa shape index (κ2) is 8.93. The Morgan fingerprint density at radius 2 is 1.97 bits per heavy atom. The van der Waals surface area contributed by atoms with E-state index in [9.17, 15) is 4.79 Å². The number of ether oxygens (including phenoxy) is 2. The minimum Gasteiger partial charge on any atom is -0.497 e. The minimum atomic E-state index is -0.0344. The molecule has 2 aromatic carbocycles. The van der Waals surface area contributed by atoms with Crippen LogP contribution in [-0.4, -0.2) is 61.1 Å². The van der Waals surface area contributed by atoms with Gasteiger partial charge in [0.1, 0.15) is 17.0 Å². The zero-order valence-corrected chi connectivity index (χ0v) is 17.8. The predicted molar refractivity (Wildman–Crippen MR) is 114 cm³/mol. The molecule has 0 N–H and O–H groups in total. The van der Waals surface area contributed by atoms with Crippen molar-refractivity contribution in [2.75, 3.05) is 40.4 Å². The predicted octanol–water partition coefficient (Wildman–Crippen LogP) is 3.85. The summed E-state index contributed by atoms with van der Waals surface area (Å²) >= 11 is 6.02. The fourth-order valence-corrected chi connectivity index (χ4v) is 3.84. The van der Waals surface area contributed by atoms with E-state index in [0.717, 1.165) is 25.0 Å². The monoisotopic (exact) mass is 429 g/mol. The molecule has 0 atom stereocenters. The van der Waals surface area contributed by atoms with E-state index in [4.69, 9.17) is 25.5 Å². The van der Waals surface area contributed by atoms with Gasteiger partial charge < -0.3 is 18.8 Å². The van der Waals surface area contributed by atoms with Gasteiger partial charge in [0, 0.05) is 43.3 Å². The van der Waals surface area contributed by atoms with E-state index < -0.39 is 0 Å². The number of aromatic nitrogens is 1. The first kappa shape index (κ1) is 20.5. The Bertz CT molecular complexity index is 1050. The molecule has 0 spiro atoms. The Balaban J connectivity index is 1.42. The number of carbonyl (C=O) groups is 1. The zero-order valence-electron chi connectivity index (χ0n) is 17.1. The van der Waals surface area contributed by atoms with Crippen molar-refractivity contribution in [3.63, 3.8) is 0 Å². The molecule has 0 bridgehead atoms. The van der Waals surface area contributed by atoms with Crippen LogP contribution in [0, 0.1) is 0 Å². The Hall–Kier alpha value is -2.77. The van der Waals surface area contributed by atoms with Crippen LogP contribution in [0.1, 0.15) is 22.7 Å². The molecule has 0 saturated carbocycles. The van der Waals surface area contributed by atoms with Crippen molar-refractivity contribution >= 4 is 28.6 Å². The van der Waals surface area contributed by atoms with Gasteiger partial charge in [-0.05, 0) is 30.7 Å². The Morgan fingerprint density at radius 1 is 1.10 bits per heavy atom. The summed E-state index contributed by atoms with van der Waals surface area (Å²) in [5, 5.41) is 0.628. The van der Waals surface area contributed by atoms with Crippen LogP contribution in [0.5, 0.6) is 11.5 Å².